The molecular formula is C15H24N2O2S. The average Bonchev–Trinajstić information content (AvgIpc) is 2.37. The number of hydrogen-bond donors (Lipinski definition) is 0. The number of rotatable bonds is 4. The van der Waals surface area contributed by atoms with E-state index in [1.54, 1.807) is 0 Å². The molecule has 0 atom stereocenters. The van der Waals surface area contributed by atoms with Crippen molar-refractivity contribution in [1.29, 1.82) is 0 Å². The topological polar surface area (TPSA) is 40.6 Å². The van der Waals surface area contributed by atoms with Gasteiger partial charge in [0.2, 0.25) is 0 Å². The molecule has 5 heteroatoms. The van der Waals surface area contributed by atoms with Gasteiger partial charge in [0.25, 0.3) is 10.2 Å². The van der Waals surface area contributed by atoms with E-state index in [-0.39, 0.29) is 18.5 Å². The fourth-order valence-electron chi connectivity index (χ4n) is 2.54. The summed E-state index contributed by atoms with van der Waals surface area (Å²) >= 11 is 0. The Labute approximate surface area is 123 Å². The normalized spacial score (nSPS) is 18.7. The standard InChI is InChI=1S/C15H24N2O2S/c1-6-10-16(11-7-2)20(18,19)17-12-8-14(9-13-17)15(3,4)5/h1-2,14H,8-13H2,3-5H3. The molecule has 1 aliphatic rings. The molecule has 0 unspecified atom stereocenters. The Kier molecular flexibility index (Phi) is 5.65. The third-order valence-electron chi connectivity index (χ3n) is 3.87. The van der Waals surface area contributed by atoms with Gasteiger partial charge in [0.15, 0.2) is 0 Å². The second-order valence-corrected chi connectivity index (χ2v) is 8.15. The number of hydrogen-bond acceptors (Lipinski definition) is 2. The van der Waals surface area contributed by atoms with Crippen LogP contribution in [0.15, 0.2) is 0 Å². The lowest BCUT2D eigenvalue weighted by Gasteiger charge is -2.39. The third kappa shape index (κ3) is 3.99. The van der Waals surface area contributed by atoms with E-state index in [0.717, 1.165) is 12.8 Å². The van der Waals surface area contributed by atoms with Crippen LogP contribution in [0.1, 0.15) is 33.6 Å². The lowest BCUT2D eigenvalue weighted by molar-refractivity contribution is 0.150. The monoisotopic (exact) mass is 296 g/mol. The summed E-state index contributed by atoms with van der Waals surface area (Å²) in [6.45, 7) is 7.71. The molecule has 0 aliphatic carbocycles. The Morgan fingerprint density at radius 2 is 1.60 bits per heavy atom. The second kappa shape index (κ2) is 6.63. The van der Waals surface area contributed by atoms with Crippen molar-refractivity contribution in [3.63, 3.8) is 0 Å². The molecule has 0 aromatic rings. The van der Waals surface area contributed by atoms with Gasteiger partial charge < -0.3 is 0 Å². The van der Waals surface area contributed by atoms with Crippen molar-refractivity contribution in [1.82, 2.24) is 8.61 Å². The summed E-state index contributed by atoms with van der Waals surface area (Å²) in [5.74, 6) is 5.25. The zero-order valence-corrected chi connectivity index (χ0v) is 13.4. The van der Waals surface area contributed by atoms with Gasteiger partial charge in [0.1, 0.15) is 0 Å². The van der Waals surface area contributed by atoms with Crippen molar-refractivity contribution in [3.05, 3.63) is 0 Å². The smallest absolute Gasteiger partial charge is 0.195 e. The quantitative estimate of drug-likeness (QED) is 0.739. The highest BCUT2D eigenvalue weighted by Crippen LogP contribution is 2.35. The van der Waals surface area contributed by atoms with Crippen LogP contribution in [0.3, 0.4) is 0 Å². The highest BCUT2D eigenvalue weighted by molar-refractivity contribution is 7.86. The molecular weight excluding hydrogens is 272 g/mol. The van der Waals surface area contributed by atoms with Crippen LogP contribution < -0.4 is 0 Å². The van der Waals surface area contributed by atoms with Gasteiger partial charge in [-0.05, 0) is 24.2 Å². The molecule has 1 saturated heterocycles. The Morgan fingerprint density at radius 1 is 1.15 bits per heavy atom. The van der Waals surface area contributed by atoms with Crippen molar-refractivity contribution in [2.75, 3.05) is 26.2 Å². The first-order chi connectivity index (χ1) is 9.23. The van der Waals surface area contributed by atoms with Gasteiger partial charge in [-0.15, -0.1) is 12.8 Å². The van der Waals surface area contributed by atoms with Crippen LogP contribution >= 0.6 is 0 Å². The molecule has 1 fully saturated rings. The summed E-state index contributed by atoms with van der Waals surface area (Å²) in [7, 11) is -3.54. The molecule has 0 aromatic carbocycles. The first kappa shape index (κ1) is 17.0. The zero-order valence-electron chi connectivity index (χ0n) is 12.6. The molecule has 0 N–H and O–H groups in total. The fourth-order valence-corrected chi connectivity index (χ4v) is 4.01. The van der Waals surface area contributed by atoms with Gasteiger partial charge >= 0.3 is 0 Å². The maximum absolute atomic E-state index is 12.5. The SMILES string of the molecule is C#CCN(CC#C)S(=O)(=O)N1CCC(C(C)(C)C)CC1. The Hall–Kier alpha value is -1.01. The largest absolute Gasteiger partial charge is 0.283 e. The Morgan fingerprint density at radius 3 is 1.95 bits per heavy atom. The maximum Gasteiger partial charge on any atom is 0.283 e. The van der Waals surface area contributed by atoms with Gasteiger partial charge in [0.05, 0.1) is 13.1 Å². The van der Waals surface area contributed by atoms with E-state index in [1.165, 1.54) is 8.61 Å². The third-order valence-corrected chi connectivity index (χ3v) is 5.80. The van der Waals surface area contributed by atoms with Gasteiger partial charge in [-0.1, -0.05) is 32.6 Å². The number of piperidine rings is 1. The molecule has 0 aromatic heterocycles. The second-order valence-electron chi connectivity index (χ2n) is 6.22. The minimum absolute atomic E-state index is 0.0196. The van der Waals surface area contributed by atoms with Crippen molar-refractivity contribution < 1.29 is 8.42 Å². The van der Waals surface area contributed by atoms with Crippen molar-refractivity contribution >= 4 is 10.2 Å². The molecule has 20 heavy (non-hydrogen) atoms. The number of nitrogens with zero attached hydrogens (tertiary/aromatic N) is 2. The lowest BCUT2D eigenvalue weighted by Crippen LogP contribution is -2.48. The van der Waals surface area contributed by atoms with Crippen molar-refractivity contribution in [2.45, 2.75) is 33.6 Å². The van der Waals surface area contributed by atoms with Gasteiger partial charge in [0, 0.05) is 13.1 Å². The summed E-state index contributed by atoms with van der Waals surface area (Å²) in [4.78, 5) is 0. The van der Waals surface area contributed by atoms with E-state index >= 15 is 0 Å². The molecule has 1 aliphatic heterocycles. The van der Waals surface area contributed by atoms with Crippen LogP contribution in [0.2, 0.25) is 0 Å². The van der Waals surface area contributed by atoms with Gasteiger partial charge in [-0.3, -0.25) is 0 Å². The first-order valence-electron chi connectivity index (χ1n) is 6.85. The highest BCUT2D eigenvalue weighted by atomic mass is 32.2. The Balaban J connectivity index is 2.77. The summed E-state index contributed by atoms with van der Waals surface area (Å²) in [6, 6.07) is 0. The van der Waals surface area contributed by atoms with Crippen LogP contribution in [0.4, 0.5) is 0 Å². The van der Waals surface area contributed by atoms with E-state index in [4.69, 9.17) is 12.8 Å². The predicted molar refractivity (Wildman–Crippen MR) is 81.9 cm³/mol. The molecule has 1 rings (SSSR count). The van der Waals surface area contributed by atoms with Crippen molar-refractivity contribution in [3.8, 4) is 24.7 Å². The number of terminal acetylenes is 2. The molecule has 0 amide bonds. The molecule has 0 radical (unpaired) electrons. The fraction of sp³-hybridized carbons (Fsp3) is 0.733. The van der Waals surface area contributed by atoms with Crippen LogP contribution in [-0.4, -0.2) is 43.2 Å². The highest BCUT2D eigenvalue weighted by Gasteiger charge is 2.35. The van der Waals surface area contributed by atoms with Gasteiger partial charge in [-0.25, -0.2) is 0 Å². The molecule has 112 valence electrons. The molecule has 1 heterocycles. The summed E-state index contributed by atoms with van der Waals surface area (Å²) < 4.78 is 27.7. The zero-order chi connectivity index (χ0) is 15.4. The molecule has 0 bridgehead atoms. The molecule has 0 saturated carbocycles. The van der Waals surface area contributed by atoms with Crippen LogP contribution in [0.5, 0.6) is 0 Å². The summed E-state index contributed by atoms with van der Waals surface area (Å²) in [5, 5.41) is 0. The van der Waals surface area contributed by atoms with E-state index in [9.17, 15) is 8.42 Å². The molecule has 0 spiro atoms. The summed E-state index contributed by atoms with van der Waals surface area (Å²) in [5.41, 5.74) is 0.215. The Bertz CT molecular complexity index is 481. The van der Waals surface area contributed by atoms with Crippen molar-refractivity contribution in [2.24, 2.45) is 11.3 Å². The lowest BCUT2D eigenvalue weighted by atomic mass is 9.76. The van der Waals surface area contributed by atoms with Crippen LogP contribution in [0, 0.1) is 36.0 Å². The van der Waals surface area contributed by atoms with E-state index in [0.29, 0.717) is 19.0 Å². The minimum atomic E-state index is -3.54. The maximum atomic E-state index is 12.5. The van der Waals surface area contributed by atoms with Crippen LogP contribution in [-0.2, 0) is 10.2 Å². The van der Waals surface area contributed by atoms with E-state index in [2.05, 4.69) is 32.6 Å². The van der Waals surface area contributed by atoms with E-state index < -0.39 is 10.2 Å². The van der Waals surface area contributed by atoms with E-state index in [1.807, 2.05) is 0 Å². The minimum Gasteiger partial charge on any atom is -0.195 e. The molecule has 4 nitrogen and oxygen atoms in total. The predicted octanol–water partition coefficient (Wildman–Crippen LogP) is 1.56. The average molecular weight is 296 g/mol. The van der Waals surface area contributed by atoms with Gasteiger partial charge in [-0.2, -0.15) is 17.0 Å². The van der Waals surface area contributed by atoms with Crippen LogP contribution in [0.25, 0.3) is 0 Å². The summed E-state index contributed by atoms with van der Waals surface area (Å²) in [6.07, 6.45) is 12.2. The first-order valence-corrected chi connectivity index (χ1v) is 8.25.